The largest absolute Gasteiger partial charge is 0.411 e. The van der Waals surface area contributed by atoms with Gasteiger partial charge in [0.15, 0.2) is 12.6 Å². The third-order valence-electron chi connectivity index (χ3n) is 1.76. The summed E-state index contributed by atoms with van der Waals surface area (Å²) >= 11 is 0. The second kappa shape index (κ2) is 6.43. The molecule has 0 aliphatic carbocycles. The van der Waals surface area contributed by atoms with Crippen molar-refractivity contribution in [3.63, 3.8) is 0 Å². The van der Waals surface area contributed by atoms with Gasteiger partial charge in [0.2, 0.25) is 0 Å². The van der Waals surface area contributed by atoms with Crippen LogP contribution in [0.1, 0.15) is 0 Å². The van der Waals surface area contributed by atoms with Crippen LogP contribution in [-0.4, -0.2) is 69.3 Å². The lowest BCUT2D eigenvalue weighted by atomic mass is 10.00. The van der Waals surface area contributed by atoms with E-state index >= 15 is 0 Å². The van der Waals surface area contributed by atoms with E-state index in [1.54, 1.807) is 0 Å². The average Bonchev–Trinajstić information content (AvgIpc) is 2.21. The topological polar surface area (TPSA) is 140 Å². The molecule has 5 atom stereocenters. The van der Waals surface area contributed by atoms with E-state index in [2.05, 4.69) is 16.6 Å². The fourth-order valence-electron chi connectivity index (χ4n) is 1.000. The second-order valence-electron chi connectivity index (χ2n) is 2.74. The molecule has 0 saturated carbocycles. The third-order valence-corrected chi connectivity index (χ3v) is 1.76. The molecule has 0 spiro atoms. The number of ether oxygens (including phenoxy) is 1. The van der Waals surface area contributed by atoms with Gasteiger partial charge in [-0.05, 0) is 0 Å². The Morgan fingerprint density at radius 1 is 1.13 bits per heavy atom. The van der Waals surface area contributed by atoms with Gasteiger partial charge in [-0.1, -0.05) is 0 Å². The zero-order chi connectivity index (χ0) is 12.0. The highest BCUT2D eigenvalue weighted by atomic mass is 16.6. The highest BCUT2D eigenvalue weighted by molar-refractivity contribution is 5.57. The van der Waals surface area contributed by atoms with Crippen LogP contribution in [-0.2, 0) is 9.53 Å². The molecular formula is C7H13NO7. The first-order valence-corrected chi connectivity index (χ1v) is 3.92. The van der Waals surface area contributed by atoms with Crippen molar-refractivity contribution >= 4 is 13.0 Å². The fourth-order valence-corrected chi connectivity index (χ4v) is 1.000. The van der Waals surface area contributed by atoms with E-state index < -0.39 is 30.7 Å². The number of aldehydes is 1. The molecule has 8 nitrogen and oxygen atoms in total. The van der Waals surface area contributed by atoms with Crippen LogP contribution in [0.5, 0.6) is 0 Å². The number of carbonyl (C=O) groups excluding carboxylic acids is 1. The summed E-state index contributed by atoms with van der Waals surface area (Å²) in [4.78, 5) is 10.2. The van der Waals surface area contributed by atoms with Crippen LogP contribution < -0.4 is 0 Å². The lowest BCUT2D eigenvalue weighted by Crippen LogP contribution is -2.57. The lowest BCUT2D eigenvalue weighted by molar-refractivity contribution is -0.272. The van der Waals surface area contributed by atoms with E-state index in [4.69, 9.17) is 25.6 Å². The number of oxime groups is 1. The average molecular weight is 223 g/mol. The Labute approximate surface area is 85.0 Å². The van der Waals surface area contributed by atoms with Crippen molar-refractivity contribution in [2.45, 2.75) is 30.7 Å². The van der Waals surface area contributed by atoms with Crippen molar-refractivity contribution in [3.05, 3.63) is 0 Å². The lowest BCUT2D eigenvalue weighted by Gasteiger charge is -2.35. The molecule has 1 aliphatic heterocycles. The molecule has 8 heteroatoms. The molecule has 0 aromatic rings. The van der Waals surface area contributed by atoms with Crippen molar-refractivity contribution in [1.29, 1.82) is 0 Å². The summed E-state index contributed by atoms with van der Waals surface area (Å²) in [6.45, 7) is 2.67. The number of rotatable bonds is 1. The minimum atomic E-state index is -1.64. The van der Waals surface area contributed by atoms with Crippen LogP contribution in [0, 0.1) is 0 Å². The summed E-state index contributed by atoms with van der Waals surface area (Å²) in [5.41, 5.74) is 0. The Balaban J connectivity index is 0.000000583. The number of hydrogen-bond acceptors (Lipinski definition) is 8. The van der Waals surface area contributed by atoms with Crippen molar-refractivity contribution in [3.8, 4) is 0 Å². The molecule has 1 fully saturated rings. The fraction of sp³-hybridized carbons (Fsp3) is 0.714. The first-order valence-electron chi connectivity index (χ1n) is 3.92. The van der Waals surface area contributed by atoms with Gasteiger partial charge >= 0.3 is 0 Å². The molecule has 0 amide bonds. The van der Waals surface area contributed by atoms with E-state index in [9.17, 15) is 4.79 Å². The monoisotopic (exact) mass is 223 g/mol. The molecule has 5 N–H and O–H groups in total. The molecule has 1 saturated heterocycles. The van der Waals surface area contributed by atoms with E-state index in [1.807, 2.05) is 0 Å². The number of carbonyl (C=O) groups is 1. The molecular weight excluding hydrogens is 210 g/mol. The van der Waals surface area contributed by atoms with Gasteiger partial charge < -0.3 is 35.2 Å². The van der Waals surface area contributed by atoms with E-state index in [1.165, 1.54) is 0 Å². The molecule has 1 aliphatic rings. The number of aliphatic hydroxyl groups is 4. The normalized spacial score (nSPS) is 39.9. The van der Waals surface area contributed by atoms with Crippen molar-refractivity contribution in [2.75, 3.05) is 0 Å². The Hall–Kier alpha value is -1.06. The van der Waals surface area contributed by atoms with Gasteiger partial charge in [0.1, 0.15) is 24.4 Å². The first kappa shape index (κ1) is 13.9. The van der Waals surface area contributed by atoms with Gasteiger partial charge in [-0.3, -0.25) is 0 Å². The van der Waals surface area contributed by atoms with E-state index in [0.717, 1.165) is 0 Å². The maximum Gasteiger partial charge on any atom is 0.184 e. The SMILES string of the molecule is C=NO.O=CC1OC(O)C(O)C(O)C1O. The molecule has 15 heavy (non-hydrogen) atoms. The molecule has 0 aromatic carbocycles. The zero-order valence-corrected chi connectivity index (χ0v) is 7.67. The third kappa shape index (κ3) is 3.53. The van der Waals surface area contributed by atoms with E-state index in [0.29, 0.717) is 0 Å². The Kier molecular flexibility index (Phi) is 5.97. The predicted octanol–water partition coefficient (Wildman–Crippen LogP) is -2.94. The smallest absolute Gasteiger partial charge is 0.184 e. The number of nitrogens with zero attached hydrogens (tertiary/aromatic N) is 1. The summed E-state index contributed by atoms with van der Waals surface area (Å²) in [5, 5.41) is 45.2. The van der Waals surface area contributed by atoms with Crippen LogP contribution in [0.3, 0.4) is 0 Å². The van der Waals surface area contributed by atoms with Gasteiger partial charge in [0.25, 0.3) is 0 Å². The molecule has 0 radical (unpaired) electrons. The first-order chi connectivity index (χ1) is 6.99. The quantitative estimate of drug-likeness (QED) is 0.139. The van der Waals surface area contributed by atoms with Crippen LogP contribution in [0.25, 0.3) is 0 Å². The molecule has 88 valence electrons. The molecule has 0 bridgehead atoms. The Morgan fingerprint density at radius 2 is 1.60 bits per heavy atom. The van der Waals surface area contributed by atoms with Gasteiger partial charge in [-0.2, -0.15) is 0 Å². The van der Waals surface area contributed by atoms with Gasteiger partial charge in [0, 0.05) is 6.72 Å². The Bertz CT molecular complexity index is 212. The van der Waals surface area contributed by atoms with Crippen molar-refractivity contribution in [2.24, 2.45) is 5.16 Å². The molecule has 1 rings (SSSR count). The summed E-state index contributed by atoms with van der Waals surface area (Å²) < 4.78 is 4.46. The maximum absolute atomic E-state index is 10.2. The summed E-state index contributed by atoms with van der Waals surface area (Å²) in [7, 11) is 0. The minimum absolute atomic E-state index is 0.253. The van der Waals surface area contributed by atoms with Gasteiger partial charge in [0.05, 0.1) is 0 Å². The van der Waals surface area contributed by atoms with E-state index in [-0.39, 0.29) is 6.29 Å². The molecule has 5 unspecified atom stereocenters. The predicted molar refractivity (Wildman–Crippen MR) is 46.3 cm³/mol. The van der Waals surface area contributed by atoms with Crippen LogP contribution in [0.2, 0.25) is 0 Å². The van der Waals surface area contributed by atoms with Gasteiger partial charge in [-0.25, -0.2) is 0 Å². The summed E-state index contributed by atoms with van der Waals surface area (Å²) in [6.07, 6.45) is -7.33. The Morgan fingerprint density at radius 3 is 2.00 bits per heavy atom. The van der Waals surface area contributed by atoms with Crippen molar-refractivity contribution in [1.82, 2.24) is 0 Å². The van der Waals surface area contributed by atoms with Gasteiger partial charge in [-0.15, -0.1) is 5.16 Å². The highest BCUT2D eigenvalue weighted by Gasteiger charge is 2.42. The number of aliphatic hydroxyl groups excluding tert-OH is 4. The highest BCUT2D eigenvalue weighted by Crippen LogP contribution is 2.18. The van der Waals surface area contributed by atoms with Crippen LogP contribution >= 0.6 is 0 Å². The van der Waals surface area contributed by atoms with Crippen LogP contribution in [0.4, 0.5) is 0 Å². The number of hydrogen-bond donors (Lipinski definition) is 5. The maximum atomic E-state index is 10.2. The standard InChI is InChI=1S/C6H10O6.CH3NO/c7-1-2-3(8)4(9)5(10)6(11)12-2;1-2-3/h1-6,8-11H;3H,1H2. The molecule has 1 heterocycles. The minimum Gasteiger partial charge on any atom is -0.411 e. The second-order valence-corrected chi connectivity index (χ2v) is 2.74. The molecule has 0 aromatic heterocycles. The van der Waals surface area contributed by atoms with Crippen LogP contribution in [0.15, 0.2) is 5.16 Å². The summed E-state index contributed by atoms with van der Waals surface area (Å²) in [5.74, 6) is 0. The summed E-state index contributed by atoms with van der Waals surface area (Å²) in [6, 6.07) is 0. The zero-order valence-electron chi connectivity index (χ0n) is 7.67. The van der Waals surface area contributed by atoms with Crippen molar-refractivity contribution < 1.29 is 35.2 Å².